The zero-order chi connectivity index (χ0) is 13.5. The van der Waals surface area contributed by atoms with Crippen molar-refractivity contribution in [1.82, 2.24) is 5.32 Å². The second-order valence-electron chi connectivity index (χ2n) is 3.95. The number of alkyl halides is 3. The summed E-state index contributed by atoms with van der Waals surface area (Å²) in [5.74, 6) is -0.543. The van der Waals surface area contributed by atoms with Crippen LogP contribution in [-0.2, 0) is 9.53 Å². The molecule has 0 fully saturated rings. The lowest BCUT2D eigenvalue weighted by Gasteiger charge is -2.26. The minimum Gasteiger partial charge on any atom is -0.381 e. The number of carbonyl (C=O) groups is 1. The molecule has 0 aromatic rings. The van der Waals surface area contributed by atoms with Gasteiger partial charge in [0.05, 0.1) is 18.6 Å². The Bertz CT molecular complexity index is 246. The maximum atomic E-state index is 11.8. The highest BCUT2D eigenvalue weighted by atomic mass is 19.4. The molecule has 4 nitrogen and oxygen atoms in total. The number of likely N-dealkylation sites (N-methyl/N-ethyl adjacent to an activating group) is 1. The molecule has 0 rings (SSSR count). The molecule has 0 saturated heterocycles. The third-order valence-electron chi connectivity index (χ3n) is 2.39. The lowest BCUT2D eigenvalue weighted by Crippen LogP contribution is -2.53. The molecule has 0 aliphatic rings. The monoisotopic (exact) mass is 256 g/mol. The van der Waals surface area contributed by atoms with E-state index < -0.39 is 30.7 Å². The SMILES string of the molecule is CCNC(C)(CCOCCC(F)(F)F)C(N)=O. The first-order valence-corrected chi connectivity index (χ1v) is 5.40. The fourth-order valence-corrected chi connectivity index (χ4v) is 1.26. The second kappa shape index (κ2) is 6.80. The van der Waals surface area contributed by atoms with Gasteiger partial charge in [-0.2, -0.15) is 13.2 Å². The maximum absolute atomic E-state index is 11.8. The van der Waals surface area contributed by atoms with E-state index in [-0.39, 0.29) is 13.0 Å². The Morgan fingerprint density at radius 2 is 1.82 bits per heavy atom. The summed E-state index contributed by atoms with van der Waals surface area (Å²) < 4.78 is 40.2. The molecular weight excluding hydrogens is 237 g/mol. The highest BCUT2D eigenvalue weighted by Crippen LogP contribution is 2.19. The van der Waals surface area contributed by atoms with Crippen LogP contribution in [0, 0.1) is 0 Å². The Hall–Kier alpha value is -0.820. The molecule has 102 valence electrons. The van der Waals surface area contributed by atoms with Gasteiger partial charge in [-0.05, 0) is 19.9 Å². The number of primary amides is 1. The molecular formula is C10H19F3N2O2. The molecule has 17 heavy (non-hydrogen) atoms. The van der Waals surface area contributed by atoms with Gasteiger partial charge in [0.2, 0.25) is 5.91 Å². The van der Waals surface area contributed by atoms with Crippen LogP contribution in [0.25, 0.3) is 0 Å². The van der Waals surface area contributed by atoms with E-state index in [1.54, 1.807) is 6.92 Å². The number of hydrogen-bond donors (Lipinski definition) is 2. The molecule has 1 unspecified atom stereocenters. The normalized spacial score (nSPS) is 15.6. The van der Waals surface area contributed by atoms with Crippen LogP contribution in [-0.4, -0.2) is 37.4 Å². The standard InChI is InChI=1S/C10H19F3N2O2/c1-3-15-9(2,8(14)16)4-6-17-7-5-10(11,12)13/h15H,3-7H2,1-2H3,(H2,14,16). The van der Waals surface area contributed by atoms with Crippen molar-refractivity contribution in [2.45, 2.75) is 38.4 Å². The summed E-state index contributed by atoms with van der Waals surface area (Å²) in [6, 6.07) is 0. The summed E-state index contributed by atoms with van der Waals surface area (Å²) in [6.45, 7) is 3.62. The summed E-state index contributed by atoms with van der Waals surface area (Å²) >= 11 is 0. The zero-order valence-electron chi connectivity index (χ0n) is 10.1. The van der Waals surface area contributed by atoms with Gasteiger partial charge in [0.15, 0.2) is 0 Å². The van der Waals surface area contributed by atoms with Crippen LogP contribution in [0.15, 0.2) is 0 Å². The smallest absolute Gasteiger partial charge is 0.381 e. The van der Waals surface area contributed by atoms with Crippen molar-refractivity contribution in [2.75, 3.05) is 19.8 Å². The highest BCUT2D eigenvalue weighted by Gasteiger charge is 2.30. The van der Waals surface area contributed by atoms with Gasteiger partial charge < -0.3 is 15.8 Å². The summed E-state index contributed by atoms with van der Waals surface area (Å²) in [5, 5.41) is 2.89. The van der Waals surface area contributed by atoms with Crippen molar-refractivity contribution in [1.29, 1.82) is 0 Å². The van der Waals surface area contributed by atoms with E-state index in [1.807, 2.05) is 6.92 Å². The van der Waals surface area contributed by atoms with Crippen molar-refractivity contribution in [3.63, 3.8) is 0 Å². The first kappa shape index (κ1) is 16.2. The third-order valence-corrected chi connectivity index (χ3v) is 2.39. The van der Waals surface area contributed by atoms with E-state index in [4.69, 9.17) is 10.5 Å². The largest absolute Gasteiger partial charge is 0.391 e. The fraction of sp³-hybridized carbons (Fsp3) is 0.900. The van der Waals surface area contributed by atoms with Crippen molar-refractivity contribution in [2.24, 2.45) is 5.73 Å². The lowest BCUT2D eigenvalue weighted by molar-refractivity contribution is -0.146. The molecule has 1 atom stereocenters. The van der Waals surface area contributed by atoms with Crippen LogP contribution < -0.4 is 11.1 Å². The molecule has 0 spiro atoms. The van der Waals surface area contributed by atoms with Gasteiger partial charge in [-0.25, -0.2) is 0 Å². The van der Waals surface area contributed by atoms with Gasteiger partial charge in [0.1, 0.15) is 0 Å². The quantitative estimate of drug-likeness (QED) is 0.641. The van der Waals surface area contributed by atoms with Gasteiger partial charge >= 0.3 is 6.18 Å². The molecule has 0 radical (unpaired) electrons. The summed E-state index contributed by atoms with van der Waals surface area (Å²) in [4.78, 5) is 11.2. The molecule has 0 aromatic heterocycles. The Labute approximate surface area is 98.7 Å². The van der Waals surface area contributed by atoms with E-state index in [2.05, 4.69) is 5.32 Å². The fourth-order valence-electron chi connectivity index (χ4n) is 1.26. The van der Waals surface area contributed by atoms with Crippen LogP contribution in [0.3, 0.4) is 0 Å². The van der Waals surface area contributed by atoms with Crippen molar-refractivity contribution >= 4 is 5.91 Å². The second-order valence-corrected chi connectivity index (χ2v) is 3.95. The highest BCUT2D eigenvalue weighted by molar-refractivity contribution is 5.84. The summed E-state index contributed by atoms with van der Waals surface area (Å²) in [6.07, 6.45) is -4.95. The number of nitrogens with one attached hydrogen (secondary N) is 1. The van der Waals surface area contributed by atoms with E-state index in [0.29, 0.717) is 6.54 Å². The molecule has 7 heteroatoms. The molecule has 0 aromatic carbocycles. The van der Waals surface area contributed by atoms with E-state index in [9.17, 15) is 18.0 Å². The first-order valence-electron chi connectivity index (χ1n) is 5.40. The number of ether oxygens (including phenoxy) is 1. The topological polar surface area (TPSA) is 64.3 Å². The molecule has 0 bridgehead atoms. The van der Waals surface area contributed by atoms with Crippen molar-refractivity contribution in [3.05, 3.63) is 0 Å². The first-order chi connectivity index (χ1) is 7.71. The average molecular weight is 256 g/mol. The Balaban J connectivity index is 3.88. The van der Waals surface area contributed by atoms with Crippen LogP contribution >= 0.6 is 0 Å². The number of carbonyl (C=O) groups excluding carboxylic acids is 1. The summed E-state index contributed by atoms with van der Waals surface area (Å²) in [5.41, 5.74) is 4.27. The van der Waals surface area contributed by atoms with Crippen molar-refractivity contribution < 1.29 is 22.7 Å². The minimum atomic E-state index is -4.21. The average Bonchev–Trinajstić information content (AvgIpc) is 2.15. The van der Waals surface area contributed by atoms with Crippen LogP contribution in [0.4, 0.5) is 13.2 Å². The van der Waals surface area contributed by atoms with Gasteiger partial charge in [-0.3, -0.25) is 4.79 Å². The lowest BCUT2D eigenvalue weighted by atomic mass is 9.97. The Morgan fingerprint density at radius 3 is 2.24 bits per heavy atom. The van der Waals surface area contributed by atoms with E-state index in [0.717, 1.165) is 0 Å². The molecule has 0 aliphatic carbocycles. The zero-order valence-corrected chi connectivity index (χ0v) is 10.1. The third kappa shape index (κ3) is 7.17. The molecule has 1 amide bonds. The van der Waals surface area contributed by atoms with Gasteiger partial charge in [-0.1, -0.05) is 6.92 Å². The summed E-state index contributed by atoms with van der Waals surface area (Å²) in [7, 11) is 0. The molecule has 0 saturated carbocycles. The van der Waals surface area contributed by atoms with Crippen LogP contribution in [0.5, 0.6) is 0 Å². The molecule has 0 heterocycles. The minimum absolute atomic E-state index is 0.0581. The maximum Gasteiger partial charge on any atom is 0.391 e. The number of nitrogens with two attached hydrogens (primary N) is 1. The van der Waals surface area contributed by atoms with Crippen molar-refractivity contribution in [3.8, 4) is 0 Å². The predicted octanol–water partition coefficient (Wildman–Crippen LogP) is 1.20. The number of rotatable bonds is 8. The van der Waals surface area contributed by atoms with Gasteiger partial charge in [0, 0.05) is 6.61 Å². The molecule has 3 N–H and O–H groups in total. The van der Waals surface area contributed by atoms with Gasteiger partial charge in [-0.15, -0.1) is 0 Å². The Kier molecular flexibility index (Phi) is 6.48. The van der Waals surface area contributed by atoms with Gasteiger partial charge in [0.25, 0.3) is 0 Å². The van der Waals surface area contributed by atoms with E-state index in [1.165, 1.54) is 0 Å². The number of hydrogen-bond acceptors (Lipinski definition) is 3. The van der Waals surface area contributed by atoms with E-state index >= 15 is 0 Å². The Morgan fingerprint density at radius 1 is 1.29 bits per heavy atom. The number of halogens is 3. The van der Waals surface area contributed by atoms with Crippen LogP contribution in [0.1, 0.15) is 26.7 Å². The van der Waals surface area contributed by atoms with Crippen LogP contribution in [0.2, 0.25) is 0 Å². The predicted molar refractivity (Wildman–Crippen MR) is 57.4 cm³/mol. The molecule has 0 aliphatic heterocycles. The number of amides is 1.